The van der Waals surface area contributed by atoms with Crippen molar-refractivity contribution in [2.24, 2.45) is 0 Å². The minimum Gasteiger partial charge on any atom is -0.465 e. The van der Waals surface area contributed by atoms with E-state index in [0.717, 1.165) is 23.2 Å². The molecule has 0 unspecified atom stereocenters. The molecule has 0 aromatic carbocycles. The number of aromatic nitrogens is 2. The molecule has 0 bridgehead atoms. The molecule has 2 aromatic rings. The van der Waals surface area contributed by atoms with Crippen molar-refractivity contribution in [3.63, 3.8) is 0 Å². The van der Waals surface area contributed by atoms with Crippen LogP contribution in [0.1, 0.15) is 24.3 Å². The van der Waals surface area contributed by atoms with Gasteiger partial charge in [0.15, 0.2) is 5.82 Å². The predicted octanol–water partition coefficient (Wildman–Crippen LogP) is 2.57. The average Bonchev–Trinajstić information content (AvgIpc) is 2.88. The highest BCUT2D eigenvalue weighted by Gasteiger charge is 2.05. The van der Waals surface area contributed by atoms with E-state index in [1.807, 2.05) is 39.1 Å². The Morgan fingerprint density at radius 1 is 1.25 bits per heavy atom. The second kappa shape index (κ2) is 6.91. The maximum Gasteiger partial charge on any atom is 0.158 e. The lowest BCUT2D eigenvalue weighted by molar-refractivity contribution is 0.128. The summed E-state index contributed by atoms with van der Waals surface area (Å²) in [5, 5.41) is 6.24. The molecular weight excluding hydrogens is 256 g/mol. The zero-order valence-electron chi connectivity index (χ0n) is 12.1. The van der Waals surface area contributed by atoms with E-state index in [0.29, 0.717) is 25.6 Å². The first kappa shape index (κ1) is 14.3. The van der Waals surface area contributed by atoms with Crippen molar-refractivity contribution in [3.8, 4) is 0 Å². The van der Waals surface area contributed by atoms with E-state index in [-0.39, 0.29) is 0 Å². The molecule has 6 nitrogen and oxygen atoms in total. The fourth-order valence-electron chi connectivity index (χ4n) is 1.73. The normalized spacial score (nSPS) is 10.6. The highest BCUT2D eigenvalue weighted by Crippen LogP contribution is 2.14. The van der Waals surface area contributed by atoms with Gasteiger partial charge in [0.25, 0.3) is 0 Å². The molecule has 0 fully saturated rings. The SMILES string of the molecule is CCOCc1nc(NC)cc(NCc2ccc(C)o2)n1. The molecule has 2 heterocycles. The van der Waals surface area contributed by atoms with Gasteiger partial charge in [-0.25, -0.2) is 9.97 Å². The molecule has 0 aliphatic rings. The summed E-state index contributed by atoms with van der Waals surface area (Å²) in [6, 6.07) is 5.74. The topological polar surface area (TPSA) is 72.2 Å². The van der Waals surface area contributed by atoms with Crippen LogP contribution < -0.4 is 10.6 Å². The van der Waals surface area contributed by atoms with Crippen molar-refractivity contribution >= 4 is 11.6 Å². The Morgan fingerprint density at radius 3 is 2.70 bits per heavy atom. The zero-order valence-corrected chi connectivity index (χ0v) is 12.1. The number of ether oxygens (including phenoxy) is 1. The van der Waals surface area contributed by atoms with E-state index in [1.54, 1.807) is 0 Å². The van der Waals surface area contributed by atoms with Crippen molar-refractivity contribution in [3.05, 3.63) is 35.5 Å². The molecule has 0 atom stereocenters. The molecule has 2 N–H and O–H groups in total. The number of hydrogen-bond donors (Lipinski definition) is 2. The minimum atomic E-state index is 0.403. The summed E-state index contributed by atoms with van der Waals surface area (Å²) in [6.07, 6.45) is 0. The molecular formula is C14H20N4O2. The molecule has 0 saturated heterocycles. The third-order valence-electron chi connectivity index (χ3n) is 2.70. The van der Waals surface area contributed by atoms with Crippen LogP contribution in [0.5, 0.6) is 0 Å². The summed E-state index contributed by atoms with van der Waals surface area (Å²) >= 11 is 0. The van der Waals surface area contributed by atoms with Crippen molar-refractivity contribution < 1.29 is 9.15 Å². The monoisotopic (exact) mass is 276 g/mol. The molecule has 0 aliphatic heterocycles. The third kappa shape index (κ3) is 3.96. The lowest BCUT2D eigenvalue weighted by Crippen LogP contribution is -2.07. The van der Waals surface area contributed by atoms with Gasteiger partial charge in [0.05, 0.1) is 6.54 Å². The van der Waals surface area contributed by atoms with E-state index in [9.17, 15) is 0 Å². The number of nitrogens with zero attached hydrogens (tertiary/aromatic N) is 2. The summed E-state index contributed by atoms with van der Waals surface area (Å²) in [7, 11) is 1.83. The lowest BCUT2D eigenvalue weighted by Gasteiger charge is -2.09. The van der Waals surface area contributed by atoms with Gasteiger partial charge >= 0.3 is 0 Å². The Labute approximate surface area is 118 Å². The summed E-state index contributed by atoms with van der Waals surface area (Å²) in [5.74, 6) is 3.92. The Hall–Kier alpha value is -2.08. The van der Waals surface area contributed by atoms with E-state index in [1.165, 1.54) is 0 Å². The van der Waals surface area contributed by atoms with Crippen molar-refractivity contribution in [1.82, 2.24) is 9.97 Å². The first-order valence-corrected chi connectivity index (χ1v) is 6.64. The fourth-order valence-corrected chi connectivity index (χ4v) is 1.73. The quantitative estimate of drug-likeness (QED) is 0.809. The largest absolute Gasteiger partial charge is 0.465 e. The third-order valence-corrected chi connectivity index (χ3v) is 2.70. The first-order valence-electron chi connectivity index (χ1n) is 6.64. The van der Waals surface area contributed by atoms with Gasteiger partial charge in [0.2, 0.25) is 0 Å². The van der Waals surface area contributed by atoms with Crippen molar-refractivity contribution in [2.45, 2.75) is 27.0 Å². The first-order chi connectivity index (χ1) is 9.71. The van der Waals surface area contributed by atoms with Gasteiger partial charge in [-0.05, 0) is 26.0 Å². The van der Waals surface area contributed by atoms with E-state index in [2.05, 4.69) is 20.6 Å². The smallest absolute Gasteiger partial charge is 0.158 e. The van der Waals surface area contributed by atoms with Crippen LogP contribution in [0.3, 0.4) is 0 Å². The Morgan fingerprint density at radius 2 is 2.05 bits per heavy atom. The van der Waals surface area contributed by atoms with Crippen LogP contribution in [0.15, 0.2) is 22.6 Å². The van der Waals surface area contributed by atoms with Crippen molar-refractivity contribution in [1.29, 1.82) is 0 Å². The molecule has 0 radical (unpaired) electrons. The number of anilines is 2. The van der Waals surface area contributed by atoms with Crippen LogP contribution in [0, 0.1) is 6.92 Å². The van der Waals surface area contributed by atoms with Crippen LogP contribution >= 0.6 is 0 Å². The van der Waals surface area contributed by atoms with E-state index < -0.39 is 0 Å². The van der Waals surface area contributed by atoms with Crippen LogP contribution in [-0.4, -0.2) is 23.6 Å². The zero-order chi connectivity index (χ0) is 14.4. The van der Waals surface area contributed by atoms with Crippen LogP contribution in [0.25, 0.3) is 0 Å². The van der Waals surface area contributed by atoms with Gasteiger partial charge in [-0.2, -0.15) is 0 Å². The molecule has 0 aliphatic carbocycles. The standard InChI is InChI=1S/C14H20N4O2/c1-4-19-9-14-17-12(15-3)7-13(18-14)16-8-11-6-5-10(2)20-11/h5-7H,4,8-9H2,1-3H3,(H2,15,16,17,18). The fraction of sp³-hybridized carbons (Fsp3) is 0.429. The second-order valence-electron chi connectivity index (χ2n) is 4.31. The number of rotatable bonds is 7. The van der Waals surface area contributed by atoms with Gasteiger partial charge < -0.3 is 19.8 Å². The minimum absolute atomic E-state index is 0.403. The summed E-state index contributed by atoms with van der Waals surface area (Å²) in [5.41, 5.74) is 0. The van der Waals surface area contributed by atoms with Crippen molar-refractivity contribution in [2.75, 3.05) is 24.3 Å². The second-order valence-corrected chi connectivity index (χ2v) is 4.31. The number of aryl methyl sites for hydroxylation is 1. The predicted molar refractivity (Wildman–Crippen MR) is 77.7 cm³/mol. The summed E-state index contributed by atoms with van der Waals surface area (Å²) < 4.78 is 10.9. The molecule has 2 aromatic heterocycles. The van der Waals surface area contributed by atoms with Gasteiger partial charge in [-0.1, -0.05) is 0 Å². The highest BCUT2D eigenvalue weighted by molar-refractivity contribution is 5.47. The molecule has 20 heavy (non-hydrogen) atoms. The Balaban J connectivity index is 2.05. The van der Waals surface area contributed by atoms with E-state index in [4.69, 9.17) is 9.15 Å². The molecule has 2 rings (SSSR count). The summed E-state index contributed by atoms with van der Waals surface area (Å²) in [6.45, 7) is 5.50. The highest BCUT2D eigenvalue weighted by atomic mass is 16.5. The van der Waals surface area contributed by atoms with Gasteiger partial charge in [-0.3, -0.25) is 0 Å². The molecule has 6 heteroatoms. The Bertz CT molecular complexity index is 554. The number of nitrogens with one attached hydrogen (secondary N) is 2. The maximum absolute atomic E-state index is 5.51. The van der Waals surface area contributed by atoms with Crippen LogP contribution in [0.4, 0.5) is 11.6 Å². The van der Waals surface area contributed by atoms with Gasteiger partial charge in [0.1, 0.15) is 29.8 Å². The molecule has 0 amide bonds. The number of hydrogen-bond acceptors (Lipinski definition) is 6. The number of furan rings is 1. The van der Waals surface area contributed by atoms with Gasteiger partial charge in [-0.15, -0.1) is 0 Å². The average molecular weight is 276 g/mol. The van der Waals surface area contributed by atoms with Crippen LogP contribution in [0.2, 0.25) is 0 Å². The lowest BCUT2D eigenvalue weighted by atomic mass is 10.4. The van der Waals surface area contributed by atoms with Crippen LogP contribution in [-0.2, 0) is 17.9 Å². The van der Waals surface area contributed by atoms with E-state index >= 15 is 0 Å². The Kier molecular flexibility index (Phi) is 4.95. The molecule has 108 valence electrons. The maximum atomic E-state index is 5.51. The molecule has 0 spiro atoms. The summed E-state index contributed by atoms with van der Waals surface area (Å²) in [4.78, 5) is 8.75. The van der Waals surface area contributed by atoms with Gasteiger partial charge in [0, 0.05) is 19.7 Å². The molecule has 0 saturated carbocycles.